The summed E-state index contributed by atoms with van der Waals surface area (Å²) in [5.41, 5.74) is 2.46. The summed E-state index contributed by atoms with van der Waals surface area (Å²) >= 11 is 0. The van der Waals surface area contributed by atoms with E-state index in [1.165, 1.54) is 4.90 Å². The maximum atomic E-state index is 13.0. The molecule has 0 radical (unpaired) electrons. The van der Waals surface area contributed by atoms with Gasteiger partial charge in [0.15, 0.2) is 0 Å². The van der Waals surface area contributed by atoms with Crippen molar-refractivity contribution < 1.29 is 24.3 Å². The highest BCUT2D eigenvalue weighted by atomic mass is 16.5. The molecule has 2 aliphatic rings. The lowest BCUT2D eigenvalue weighted by Crippen LogP contribution is -3.14. The molecule has 3 heterocycles. The van der Waals surface area contributed by atoms with Gasteiger partial charge >= 0.3 is 0 Å². The summed E-state index contributed by atoms with van der Waals surface area (Å²) in [5, 5.41) is 11.0. The van der Waals surface area contributed by atoms with Crippen LogP contribution < -0.4 is 4.90 Å². The Hall–Kier alpha value is -3.03. The van der Waals surface area contributed by atoms with Crippen molar-refractivity contribution in [2.24, 2.45) is 0 Å². The van der Waals surface area contributed by atoms with Crippen molar-refractivity contribution >= 4 is 17.4 Å². The van der Waals surface area contributed by atoms with Gasteiger partial charge in [0.2, 0.25) is 0 Å². The van der Waals surface area contributed by atoms with Gasteiger partial charge in [0.25, 0.3) is 11.7 Å². The Kier molecular flexibility index (Phi) is 5.92. The molecule has 2 aromatic rings. The van der Waals surface area contributed by atoms with Crippen molar-refractivity contribution in [3.8, 4) is 0 Å². The number of ether oxygens (including phenoxy) is 1. The van der Waals surface area contributed by atoms with E-state index < -0.39 is 17.7 Å². The number of quaternary nitrogens is 1. The first-order valence-electron chi connectivity index (χ1n) is 10.2. The molecule has 0 unspecified atom stereocenters. The Labute approximate surface area is 175 Å². The second-order valence-corrected chi connectivity index (χ2v) is 7.75. The van der Waals surface area contributed by atoms with Gasteiger partial charge in [-0.25, -0.2) is 0 Å². The number of carbonyl (C=O) groups excluding carboxylic acids is 2. The van der Waals surface area contributed by atoms with Crippen molar-refractivity contribution in [2.45, 2.75) is 13.0 Å². The molecule has 1 amide bonds. The van der Waals surface area contributed by atoms with Crippen molar-refractivity contribution in [1.82, 2.24) is 9.88 Å². The summed E-state index contributed by atoms with van der Waals surface area (Å²) in [7, 11) is 0. The van der Waals surface area contributed by atoms with Crippen molar-refractivity contribution in [3.63, 3.8) is 0 Å². The van der Waals surface area contributed by atoms with Crippen LogP contribution in [0.25, 0.3) is 5.76 Å². The third-order valence-electron chi connectivity index (χ3n) is 5.79. The monoisotopic (exact) mass is 408 g/mol. The molecule has 0 spiro atoms. The summed E-state index contributed by atoms with van der Waals surface area (Å²) < 4.78 is 5.40. The van der Waals surface area contributed by atoms with Crippen LogP contribution in [0.5, 0.6) is 0 Å². The molecular weight excluding hydrogens is 382 g/mol. The van der Waals surface area contributed by atoms with E-state index in [4.69, 9.17) is 4.74 Å². The number of hydrogen-bond donors (Lipinski definition) is 2. The Morgan fingerprint density at radius 3 is 2.47 bits per heavy atom. The predicted molar refractivity (Wildman–Crippen MR) is 111 cm³/mol. The van der Waals surface area contributed by atoms with Gasteiger partial charge in [0, 0.05) is 18.0 Å². The van der Waals surface area contributed by atoms with Crippen molar-refractivity contribution in [2.75, 3.05) is 39.4 Å². The zero-order valence-corrected chi connectivity index (χ0v) is 17.0. The summed E-state index contributed by atoms with van der Waals surface area (Å²) in [6, 6.07) is 10.2. The lowest BCUT2D eigenvalue weighted by atomic mass is 9.95. The number of pyridine rings is 1. The smallest absolute Gasteiger partial charge is 0.295 e. The van der Waals surface area contributed by atoms with Gasteiger partial charge in [0.1, 0.15) is 18.8 Å². The topological polar surface area (TPSA) is 84.2 Å². The highest BCUT2D eigenvalue weighted by molar-refractivity contribution is 6.46. The molecular formula is C23H26N3O4+. The lowest BCUT2D eigenvalue weighted by Gasteiger charge is -2.29. The number of benzene rings is 1. The Morgan fingerprint density at radius 2 is 1.80 bits per heavy atom. The number of amides is 1. The van der Waals surface area contributed by atoms with Crippen molar-refractivity contribution in [3.05, 3.63) is 71.1 Å². The number of hydrogen-bond acceptors (Lipinski definition) is 5. The first-order valence-corrected chi connectivity index (χ1v) is 10.2. The fourth-order valence-corrected chi connectivity index (χ4v) is 4.06. The molecule has 2 fully saturated rings. The number of aliphatic hydroxyl groups is 1. The third kappa shape index (κ3) is 3.99. The largest absolute Gasteiger partial charge is 0.507 e. The molecule has 1 aromatic heterocycles. The molecule has 0 saturated carbocycles. The van der Waals surface area contributed by atoms with Gasteiger partial charge < -0.3 is 19.6 Å². The molecule has 4 rings (SSSR count). The average Bonchev–Trinajstić information content (AvgIpc) is 3.04. The SMILES string of the molecule is Cc1ccc(C(O)=C2C(=O)C(=O)N(CC[NH+]3CCOCC3)[C@@H]2c2ccncc2)cc1. The number of Topliss-reactive ketones (excluding diaryl/α,β-unsaturated/α-hetero) is 1. The second kappa shape index (κ2) is 8.77. The number of aliphatic hydroxyl groups excluding tert-OH is 1. The summed E-state index contributed by atoms with van der Waals surface area (Å²) in [6.45, 7) is 6.28. The van der Waals surface area contributed by atoms with E-state index in [1.807, 2.05) is 19.1 Å². The van der Waals surface area contributed by atoms with Crippen LogP contribution in [-0.4, -0.2) is 66.1 Å². The molecule has 2 aliphatic heterocycles. The van der Waals surface area contributed by atoms with Gasteiger partial charge in [-0.05, 0) is 24.6 Å². The van der Waals surface area contributed by atoms with Crippen LogP contribution in [0.4, 0.5) is 0 Å². The predicted octanol–water partition coefficient (Wildman–Crippen LogP) is 0.727. The van der Waals surface area contributed by atoms with Crippen LogP contribution in [0.3, 0.4) is 0 Å². The zero-order chi connectivity index (χ0) is 21.1. The minimum absolute atomic E-state index is 0.132. The Balaban J connectivity index is 1.71. The molecule has 30 heavy (non-hydrogen) atoms. The standard InChI is InChI=1S/C23H25N3O4/c1-16-2-4-18(5-3-16)21(27)19-20(17-6-8-24-9-7-17)26(23(29)22(19)28)11-10-25-12-14-30-15-13-25/h2-9,20,27H,10-15H2,1H3/p+1/t20-/m1/s1. The average molecular weight is 408 g/mol. The molecule has 0 bridgehead atoms. The number of morpholine rings is 1. The van der Waals surface area contributed by atoms with Crippen LogP contribution in [-0.2, 0) is 14.3 Å². The molecule has 1 aromatic carbocycles. The van der Waals surface area contributed by atoms with Crippen LogP contribution in [0.2, 0.25) is 0 Å². The van der Waals surface area contributed by atoms with E-state index in [0.29, 0.717) is 25.3 Å². The molecule has 7 nitrogen and oxygen atoms in total. The first-order chi connectivity index (χ1) is 14.6. The molecule has 2 N–H and O–H groups in total. The number of carbonyl (C=O) groups is 2. The molecule has 7 heteroatoms. The fourth-order valence-electron chi connectivity index (χ4n) is 4.06. The first kappa shape index (κ1) is 20.3. The number of ketones is 1. The highest BCUT2D eigenvalue weighted by Crippen LogP contribution is 2.38. The summed E-state index contributed by atoms with van der Waals surface area (Å²) in [5.74, 6) is -1.36. The fraction of sp³-hybridized carbons (Fsp3) is 0.348. The maximum Gasteiger partial charge on any atom is 0.295 e. The Morgan fingerprint density at radius 1 is 1.13 bits per heavy atom. The highest BCUT2D eigenvalue weighted by Gasteiger charge is 2.46. The van der Waals surface area contributed by atoms with Crippen LogP contribution in [0.1, 0.15) is 22.7 Å². The number of rotatable bonds is 5. The van der Waals surface area contributed by atoms with Crippen LogP contribution in [0, 0.1) is 6.92 Å². The van der Waals surface area contributed by atoms with Gasteiger partial charge in [0.05, 0.1) is 37.9 Å². The van der Waals surface area contributed by atoms with Gasteiger partial charge in [-0.3, -0.25) is 14.6 Å². The van der Waals surface area contributed by atoms with E-state index >= 15 is 0 Å². The zero-order valence-electron chi connectivity index (χ0n) is 17.0. The van der Waals surface area contributed by atoms with E-state index in [9.17, 15) is 14.7 Å². The van der Waals surface area contributed by atoms with E-state index in [0.717, 1.165) is 30.8 Å². The van der Waals surface area contributed by atoms with Gasteiger partial charge in [-0.15, -0.1) is 0 Å². The van der Waals surface area contributed by atoms with E-state index in [-0.39, 0.29) is 11.3 Å². The normalized spacial score (nSPS) is 21.9. The summed E-state index contributed by atoms with van der Waals surface area (Å²) in [6.07, 6.45) is 3.27. The maximum absolute atomic E-state index is 13.0. The molecule has 0 aliphatic carbocycles. The lowest BCUT2D eigenvalue weighted by molar-refractivity contribution is -0.907. The number of likely N-dealkylation sites (tertiary alicyclic amines) is 1. The number of aryl methyl sites for hydroxylation is 1. The second-order valence-electron chi connectivity index (χ2n) is 7.75. The third-order valence-corrected chi connectivity index (χ3v) is 5.79. The van der Waals surface area contributed by atoms with E-state index in [1.54, 1.807) is 41.6 Å². The molecule has 156 valence electrons. The molecule has 2 saturated heterocycles. The number of aromatic nitrogens is 1. The quantitative estimate of drug-likeness (QED) is 0.433. The summed E-state index contributed by atoms with van der Waals surface area (Å²) in [4.78, 5) is 32.9. The number of nitrogens with one attached hydrogen (secondary N) is 1. The Bertz CT molecular complexity index is 950. The van der Waals surface area contributed by atoms with E-state index in [2.05, 4.69) is 4.98 Å². The minimum atomic E-state index is -0.646. The minimum Gasteiger partial charge on any atom is -0.507 e. The van der Waals surface area contributed by atoms with Gasteiger partial charge in [-0.1, -0.05) is 29.8 Å². The van der Waals surface area contributed by atoms with Crippen molar-refractivity contribution in [1.29, 1.82) is 0 Å². The number of nitrogens with zero attached hydrogens (tertiary/aromatic N) is 2. The molecule has 1 atom stereocenters. The van der Waals surface area contributed by atoms with Crippen LogP contribution in [0.15, 0.2) is 54.4 Å². The van der Waals surface area contributed by atoms with Crippen LogP contribution >= 0.6 is 0 Å². The van der Waals surface area contributed by atoms with Gasteiger partial charge in [-0.2, -0.15) is 0 Å².